The van der Waals surface area contributed by atoms with E-state index in [1.165, 1.54) is 0 Å². The lowest BCUT2D eigenvalue weighted by Gasteiger charge is -2.34. The Bertz CT molecular complexity index is 1070. The van der Waals surface area contributed by atoms with Crippen molar-refractivity contribution in [1.29, 1.82) is 0 Å². The first-order valence-electron chi connectivity index (χ1n) is 11.5. The summed E-state index contributed by atoms with van der Waals surface area (Å²) in [5, 5.41) is 4.07. The SMILES string of the molecule is CCN1CCN(c2cc(Cl)nc(SCc3ccc(C(=O)NCCc4ccccn4)cc3)n2)CC1. The highest BCUT2D eigenvalue weighted by Gasteiger charge is 2.18. The predicted octanol–water partition coefficient (Wildman–Crippen LogP) is 3.93. The van der Waals surface area contributed by atoms with Gasteiger partial charge in [-0.3, -0.25) is 9.78 Å². The van der Waals surface area contributed by atoms with Crippen LogP contribution in [0.15, 0.2) is 59.9 Å². The maximum absolute atomic E-state index is 12.4. The van der Waals surface area contributed by atoms with Crippen LogP contribution in [0.3, 0.4) is 0 Å². The summed E-state index contributed by atoms with van der Waals surface area (Å²) in [4.78, 5) is 30.5. The number of benzene rings is 1. The molecular formula is C25H29ClN6OS. The average Bonchev–Trinajstić information content (AvgIpc) is 2.88. The van der Waals surface area contributed by atoms with Crippen LogP contribution >= 0.6 is 23.4 Å². The molecule has 4 rings (SSSR count). The van der Waals surface area contributed by atoms with Crippen LogP contribution in [0.4, 0.5) is 5.82 Å². The first-order chi connectivity index (χ1) is 16.6. The van der Waals surface area contributed by atoms with Gasteiger partial charge in [0.1, 0.15) is 11.0 Å². The second-order valence-electron chi connectivity index (χ2n) is 8.07. The zero-order valence-electron chi connectivity index (χ0n) is 19.3. The van der Waals surface area contributed by atoms with Crippen LogP contribution in [0.2, 0.25) is 5.15 Å². The molecule has 1 aliphatic heterocycles. The van der Waals surface area contributed by atoms with E-state index in [2.05, 4.69) is 32.0 Å². The molecule has 0 unspecified atom stereocenters. The standard InChI is InChI=1S/C25H29ClN6OS/c1-2-31-13-15-32(16-14-31)23-17-22(26)29-25(30-23)34-18-19-6-8-20(9-7-19)24(33)28-12-10-21-5-3-4-11-27-21/h3-9,11,17H,2,10,12-16,18H2,1H3,(H,28,33). The molecular weight excluding hydrogens is 468 g/mol. The molecule has 178 valence electrons. The number of pyridine rings is 1. The Morgan fingerprint density at radius 3 is 2.59 bits per heavy atom. The number of amides is 1. The van der Waals surface area contributed by atoms with Gasteiger partial charge in [0, 0.05) is 68.4 Å². The lowest BCUT2D eigenvalue weighted by molar-refractivity contribution is 0.0954. The molecule has 34 heavy (non-hydrogen) atoms. The number of halogens is 1. The number of nitrogens with one attached hydrogen (secondary N) is 1. The molecule has 0 radical (unpaired) electrons. The number of thioether (sulfide) groups is 1. The summed E-state index contributed by atoms with van der Waals surface area (Å²) in [6.07, 6.45) is 2.47. The number of nitrogens with zero attached hydrogens (tertiary/aromatic N) is 5. The summed E-state index contributed by atoms with van der Waals surface area (Å²) in [5.41, 5.74) is 2.70. The highest BCUT2D eigenvalue weighted by Crippen LogP contribution is 2.25. The predicted molar refractivity (Wildman–Crippen MR) is 138 cm³/mol. The summed E-state index contributed by atoms with van der Waals surface area (Å²) in [6.45, 7) is 7.76. The minimum absolute atomic E-state index is 0.0823. The molecule has 1 N–H and O–H groups in total. The molecule has 1 amide bonds. The van der Waals surface area contributed by atoms with E-state index in [1.54, 1.807) is 18.0 Å². The van der Waals surface area contributed by atoms with Gasteiger partial charge in [-0.1, -0.05) is 48.5 Å². The lowest BCUT2D eigenvalue weighted by atomic mass is 10.1. The van der Waals surface area contributed by atoms with Crippen molar-refractivity contribution in [2.24, 2.45) is 0 Å². The number of likely N-dealkylation sites (N-methyl/N-ethyl adjacent to an activating group) is 1. The minimum Gasteiger partial charge on any atom is -0.354 e. The van der Waals surface area contributed by atoms with Gasteiger partial charge in [0.15, 0.2) is 5.16 Å². The van der Waals surface area contributed by atoms with E-state index in [4.69, 9.17) is 16.6 Å². The highest BCUT2D eigenvalue weighted by molar-refractivity contribution is 7.98. The molecule has 9 heteroatoms. The molecule has 0 spiro atoms. The fraction of sp³-hybridized carbons (Fsp3) is 0.360. The summed E-state index contributed by atoms with van der Waals surface area (Å²) < 4.78 is 0. The van der Waals surface area contributed by atoms with Gasteiger partial charge >= 0.3 is 0 Å². The molecule has 0 saturated carbocycles. The third kappa shape index (κ3) is 6.91. The molecule has 0 aliphatic carbocycles. The summed E-state index contributed by atoms with van der Waals surface area (Å²) in [7, 11) is 0. The van der Waals surface area contributed by atoms with Gasteiger partial charge in [0.25, 0.3) is 5.91 Å². The Kier molecular flexibility index (Phi) is 8.73. The van der Waals surface area contributed by atoms with Gasteiger partial charge < -0.3 is 15.1 Å². The number of rotatable bonds is 9. The Balaban J connectivity index is 1.28. The fourth-order valence-corrected chi connectivity index (χ4v) is 4.79. The zero-order chi connectivity index (χ0) is 23.8. The zero-order valence-corrected chi connectivity index (χ0v) is 20.9. The van der Waals surface area contributed by atoms with Crippen LogP contribution in [-0.4, -0.2) is 65.0 Å². The van der Waals surface area contributed by atoms with E-state index in [0.717, 1.165) is 49.8 Å². The van der Waals surface area contributed by atoms with Crippen molar-refractivity contribution in [3.63, 3.8) is 0 Å². The maximum atomic E-state index is 12.4. The van der Waals surface area contributed by atoms with E-state index in [1.807, 2.05) is 48.5 Å². The molecule has 1 aliphatic rings. The van der Waals surface area contributed by atoms with Crippen molar-refractivity contribution in [2.45, 2.75) is 24.3 Å². The highest BCUT2D eigenvalue weighted by atomic mass is 35.5. The van der Waals surface area contributed by atoms with E-state index < -0.39 is 0 Å². The van der Waals surface area contributed by atoms with E-state index in [9.17, 15) is 4.79 Å². The smallest absolute Gasteiger partial charge is 0.251 e. The first-order valence-corrected chi connectivity index (χ1v) is 12.9. The number of hydrogen-bond donors (Lipinski definition) is 1. The Hall–Kier alpha value is -2.68. The molecule has 3 aromatic rings. The molecule has 0 atom stereocenters. The molecule has 0 bridgehead atoms. The second-order valence-corrected chi connectivity index (χ2v) is 9.40. The normalized spacial score (nSPS) is 14.2. The van der Waals surface area contributed by atoms with Crippen molar-refractivity contribution in [1.82, 2.24) is 25.2 Å². The van der Waals surface area contributed by atoms with Crippen molar-refractivity contribution >= 4 is 35.1 Å². The fourth-order valence-electron chi connectivity index (χ4n) is 3.76. The van der Waals surface area contributed by atoms with Gasteiger partial charge in [0.2, 0.25) is 0 Å². The van der Waals surface area contributed by atoms with E-state index in [0.29, 0.717) is 34.6 Å². The van der Waals surface area contributed by atoms with Crippen molar-refractivity contribution < 1.29 is 4.79 Å². The quantitative estimate of drug-likeness (QED) is 0.273. The van der Waals surface area contributed by atoms with Crippen LogP contribution in [-0.2, 0) is 12.2 Å². The monoisotopic (exact) mass is 496 g/mol. The van der Waals surface area contributed by atoms with Crippen molar-refractivity contribution in [2.75, 3.05) is 44.2 Å². The summed E-state index contributed by atoms with van der Waals surface area (Å²) in [5.74, 6) is 1.50. The van der Waals surface area contributed by atoms with Gasteiger partial charge in [-0.2, -0.15) is 0 Å². The number of carbonyl (C=O) groups excluding carboxylic acids is 1. The Labute approximate surface area is 210 Å². The number of piperazine rings is 1. The third-order valence-corrected chi connectivity index (χ3v) is 6.89. The third-order valence-electron chi connectivity index (χ3n) is 5.78. The van der Waals surface area contributed by atoms with Crippen LogP contribution < -0.4 is 10.2 Å². The van der Waals surface area contributed by atoms with Crippen LogP contribution in [0.5, 0.6) is 0 Å². The molecule has 2 aromatic heterocycles. The number of aromatic nitrogens is 3. The Morgan fingerprint density at radius 2 is 1.88 bits per heavy atom. The van der Waals surface area contributed by atoms with Gasteiger partial charge in [-0.15, -0.1) is 0 Å². The lowest BCUT2D eigenvalue weighted by Crippen LogP contribution is -2.46. The topological polar surface area (TPSA) is 74.2 Å². The van der Waals surface area contributed by atoms with Crippen molar-refractivity contribution in [3.8, 4) is 0 Å². The van der Waals surface area contributed by atoms with E-state index in [-0.39, 0.29) is 5.91 Å². The van der Waals surface area contributed by atoms with Gasteiger partial charge in [-0.25, -0.2) is 9.97 Å². The van der Waals surface area contributed by atoms with Crippen molar-refractivity contribution in [3.05, 3.63) is 76.7 Å². The minimum atomic E-state index is -0.0823. The van der Waals surface area contributed by atoms with Gasteiger partial charge in [0.05, 0.1) is 0 Å². The van der Waals surface area contributed by atoms with E-state index >= 15 is 0 Å². The number of carbonyl (C=O) groups is 1. The second kappa shape index (κ2) is 12.1. The summed E-state index contributed by atoms with van der Waals surface area (Å²) in [6, 6.07) is 15.3. The molecule has 1 saturated heterocycles. The first kappa shape index (κ1) is 24.4. The molecule has 7 nitrogen and oxygen atoms in total. The largest absolute Gasteiger partial charge is 0.354 e. The van der Waals surface area contributed by atoms with Crippen LogP contribution in [0.25, 0.3) is 0 Å². The number of hydrogen-bond acceptors (Lipinski definition) is 7. The molecule has 1 aromatic carbocycles. The van der Waals surface area contributed by atoms with Crippen LogP contribution in [0.1, 0.15) is 28.5 Å². The molecule has 3 heterocycles. The number of anilines is 1. The van der Waals surface area contributed by atoms with Gasteiger partial charge in [-0.05, 0) is 36.4 Å². The summed E-state index contributed by atoms with van der Waals surface area (Å²) >= 11 is 7.84. The maximum Gasteiger partial charge on any atom is 0.251 e. The van der Waals surface area contributed by atoms with Crippen LogP contribution in [0, 0.1) is 0 Å². The average molecular weight is 497 g/mol. The molecule has 1 fully saturated rings. The Morgan fingerprint density at radius 1 is 1.09 bits per heavy atom.